The molecule has 0 saturated heterocycles. The number of fused-ring (bicyclic) bond motifs is 1. The molecule has 0 amide bonds. The molecule has 1 N–H and O–H groups in total. The Morgan fingerprint density at radius 3 is 2.85 bits per heavy atom. The lowest BCUT2D eigenvalue weighted by Crippen LogP contribution is -1.91. The molecule has 0 bridgehead atoms. The Morgan fingerprint density at radius 2 is 2.08 bits per heavy atom. The number of rotatable bonds is 2. The number of benzene rings is 1. The van der Waals surface area contributed by atoms with E-state index in [1.54, 1.807) is 23.1 Å². The summed E-state index contributed by atoms with van der Waals surface area (Å²) in [5.74, 6) is 0.838. The molecule has 1 aliphatic carbocycles. The molecule has 0 saturated carbocycles. The molecule has 1 atom stereocenters. The fourth-order valence-electron chi connectivity index (χ4n) is 2.00. The molecule has 0 aromatic heterocycles. The van der Waals surface area contributed by atoms with Crippen molar-refractivity contribution in [2.75, 3.05) is 7.05 Å². The second kappa shape index (κ2) is 3.72. The Morgan fingerprint density at radius 1 is 1.31 bits per heavy atom. The van der Waals surface area contributed by atoms with E-state index < -0.39 is 0 Å². The molecule has 0 fully saturated rings. The zero-order valence-electron chi connectivity index (χ0n) is 8.13. The molecule has 70 valence electrons. The highest BCUT2D eigenvalue weighted by atomic mass is 32.2. The van der Waals surface area contributed by atoms with Crippen LogP contribution in [0.25, 0.3) is 0 Å². The van der Waals surface area contributed by atoms with Gasteiger partial charge in [-0.05, 0) is 61.0 Å². The fraction of sp³-hybridized carbons (Fsp3) is 0.455. The fourth-order valence-corrected chi connectivity index (χ4v) is 2.57. The maximum absolute atomic E-state index is 3.10. The largest absolute Gasteiger partial charge is 0.263 e. The normalized spacial score (nSPS) is 20.3. The Balaban J connectivity index is 2.24. The molecule has 2 rings (SSSR count). The van der Waals surface area contributed by atoms with Gasteiger partial charge in [0.05, 0.1) is 0 Å². The van der Waals surface area contributed by atoms with Gasteiger partial charge in [-0.1, -0.05) is 13.0 Å². The third kappa shape index (κ3) is 1.89. The van der Waals surface area contributed by atoms with Crippen LogP contribution in [0.1, 0.15) is 18.1 Å². The van der Waals surface area contributed by atoms with E-state index in [4.69, 9.17) is 0 Å². The zero-order chi connectivity index (χ0) is 9.26. The highest BCUT2D eigenvalue weighted by Crippen LogP contribution is 2.29. The molecule has 0 heterocycles. The van der Waals surface area contributed by atoms with Crippen molar-refractivity contribution in [1.29, 1.82) is 0 Å². The Bertz CT molecular complexity index is 309. The summed E-state index contributed by atoms with van der Waals surface area (Å²) in [6.45, 7) is 2.32. The van der Waals surface area contributed by atoms with Crippen molar-refractivity contribution < 1.29 is 0 Å². The smallest absolute Gasteiger partial charge is 0.0230 e. The second-order valence-corrected chi connectivity index (χ2v) is 4.83. The van der Waals surface area contributed by atoms with Crippen molar-refractivity contribution in [3.05, 3.63) is 29.3 Å². The minimum absolute atomic E-state index is 0.838. The summed E-state index contributed by atoms with van der Waals surface area (Å²) in [5, 5.41) is 0. The van der Waals surface area contributed by atoms with Gasteiger partial charge < -0.3 is 0 Å². The van der Waals surface area contributed by atoms with Crippen LogP contribution in [-0.4, -0.2) is 7.05 Å². The van der Waals surface area contributed by atoms with E-state index in [-0.39, 0.29) is 0 Å². The first-order valence-electron chi connectivity index (χ1n) is 4.75. The molecule has 0 spiro atoms. The first-order chi connectivity index (χ1) is 6.29. The van der Waals surface area contributed by atoms with Crippen molar-refractivity contribution in [3.8, 4) is 0 Å². The lowest BCUT2D eigenvalue weighted by Gasteiger charge is -2.02. The van der Waals surface area contributed by atoms with Gasteiger partial charge in [-0.3, -0.25) is 4.72 Å². The van der Waals surface area contributed by atoms with Gasteiger partial charge in [-0.15, -0.1) is 0 Å². The van der Waals surface area contributed by atoms with E-state index in [1.165, 1.54) is 17.7 Å². The maximum Gasteiger partial charge on any atom is 0.0230 e. The average molecular weight is 193 g/mol. The monoisotopic (exact) mass is 193 g/mol. The summed E-state index contributed by atoms with van der Waals surface area (Å²) in [6, 6.07) is 6.80. The van der Waals surface area contributed by atoms with E-state index >= 15 is 0 Å². The van der Waals surface area contributed by atoms with Gasteiger partial charge in [0.25, 0.3) is 0 Å². The Kier molecular flexibility index (Phi) is 2.61. The molecule has 1 nitrogen and oxygen atoms in total. The summed E-state index contributed by atoms with van der Waals surface area (Å²) >= 11 is 1.69. The van der Waals surface area contributed by atoms with Crippen molar-refractivity contribution in [1.82, 2.24) is 4.72 Å². The summed E-state index contributed by atoms with van der Waals surface area (Å²) in [5.41, 5.74) is 3.10. The van der Waals surface area contributed by atoms with Crippen LogP contribution in [0.2, 0.25) is 0 Å². The summed E-state index contributed by atoms with van der Waals surface area (Å²) in [7, 11) is 1.96. The summed E-state index contributed by atoms with van der Waals surface area (Å²) in [6.07, 6.45) is 2.52. The lowest BCUT2D eigenvalue weighted by atomic mass is 10.1. The van der Waals surface area contributed by atoms with E-state index in [9.17, 15) is 0 Å². The molecule has 1 unspecified atom stereocenters. The van der Waals surface area contributed by atoms with E-state index in [0.717, 1.165) is 5.92 Å². The lowest BCUT2D eigenvalue weighted by molar-refractivity contribution is 0.627. The minimum Gasteiger partial charge on any atom is -0.263 e. The highest BCUT2D eigenvalue weighted by Gasteiger charge is 2.17. The standard InChI is InChI=1S/C11H15NS/c1-8-5-9-3-4-11(13-12-2)7-10(9)6-8/h3-4,7-8,12H,5-6H2,1-2H3. The first-order valence-corrected chi connectivity index (χ1v) is 5.56. The minimum atomic E-state index is 0.838. The molecule has 13 heavy (non-hydrogen) atoms. The van der Waals surface area contributed by atoms with Gasteiger partial charge in [0.1, 0.15) is 0 Å². The number of nitrogens with one attached hydrogen (secondary N) is 1. The van der Waals surface area contributed by atoms with Crippen LogP contribution in [0, 0.1) is 5.92 Å². The quantitative estimate of drug-likeness (QED) is 0.725. The molecular weight excluding hydrogens is 178 g/mol. The van der Waals surface area contributed by atoms with Crippen LogP contribution in [0.3, 0.4) is 0 Å². The average Bonchev–Trinajstić information content (AvgIpc) is 2.44. The van der Waals surface area contributed by atoms with Crippen LogP contribution >= 0.6 is 11.9 Å². The Labute approximate surface area is 84.1 Å². The predicted molar refractivity (Wildman–Crippen MR) is 57.9 cm³/mol. The molecule has 2 heteroatoms. The Hall–Kier alpha value is -0.470. The van der Waals surface area contributed by atoms with Crippen molar-refractivity contribution >= 4 is 11.9 Å². The molecule has 0 aliphatic heterocycles. The van der Waals surface area contributed by atoms with Gasteiger partial charge in [-0.2, -0.15) is 0 Å². The van der Waals surface area contributed by atoms with Crippen molar-refractivity contribution in [3.63, 3.8) is 0 Å². The van der Waals surface area contributed by atoms with Crippen LogP contribution in [0.4, 0.5) is 0 Å². The summed E-state index contributed by atoms with van der Waals surface area (Å²) in [4.78, 5) is 1.33. The van der Waals surface area contributed by atoms with Crippen molar-refractivity contribution in [2.24, 2.45) is 5.92 Å². The summed E-state index contributed by atoms with van der Waals surface area (Å²) < 4.78 is 3.10. The van der Waals surface area contributed by atoms with Crippen LogP contribution in [-0.2, 0) is 12.8 Å². The van der Waals surface area contributed by atoms with Gasteiger partial charge in [0, 0.05) is 4.90 Å². The maximum atomic E-state index is 3.10. The third-order valence-corrected chi connectivity index (χ3v) is 3.23. The highest BCUT2D eigenvalue weighted by molar-refractivity contribution is 7.97. The van der Waals surface area contributed by atoms with Gasteiger partial charge in [0.2, 0.25) is 0 Å². The predicted octanol–water partition coefficient (Wildman–Crippen LogP) is 2.65. The van der Waals surface area contributed by atoms with E-state index in [2.05, 4.69) is 29.8 Å². The van der Waals surface area contributed by atoms with Crippen LogP contribution < -0.4 is 4.72 Å². The molecule has 1 aromatic rings. The molecule has 1 aliphatic rings. The topological polar surface area (TPSA) is 12.0 Å². The zero-order valence-corrected chi connectivity index (χ0v) is 8.95. The molecule has 1 aromatic carbocycles. The number of hydrogen-bond acceptors (Lipinski definition) is 2. The second-order valence-electron chi connectivity index (χ2n) is 3.75. The van der Waals surface area contributed by atoms with Gasteiger partial charge in [-0.25, -0.2) is 0 Å². The van der Waals surface area contributed by atoms with Gasteiger partial charge in [0.15, 0.2) is 0 Å². The van der Waals surface area contributed by atoms with Crippen LogP contribution in [0.15, 0.2) is 23.1 Å². The van der Waals surface area contributed by atoms with E-state index in [1.807, 2.05) is 7.05 Å². The SMILES string of the molecule is CNSc1ccc2c(c1)CC(C)C2. The first kappa shape index (κ1) is 9.10. The van der Waals surface area contributed by atoms with Gasteiger partial charge >= 0.3 is 0 Å². The van der Waals surface area contributed by atoms with E-state index in [0.29, 0.717) is 0 Å². The van der Waals surface area contributed by atoms with Crippen LogP contribution in [0.5, 0.6) is 0 Å². The molecular formula is C11H15NS. The number of hydrogen-bond donors (Lipinski definition) is 1. The van der Waals surface area contributed by atoms with Crippen molar-refractivity contribution in [2.45, 2.75) is 24.7 Å². The molecule has 0 radical (unpaired) electrons. The third-order valence-electron chi connectivity index (χ3n) is 2.53.